The van der Waals surface area contributed by atoms with E-state index in [0.717, 1.165) is 4.52 Å². The Bertz CT molecular complexity index is 556. The molecule has 0 saturated carbocycles. The van der Waals surface area contributed by atoms with Crippen molar-refractivity contribution in [3.05, 3.63) is 10.7 Å². The quantitative estimate of drug-likeness (QED) is 0.763. The van der Waals surface area contributed by atoms with Gasteiger partial charge in [0.05, 0.1) is 0 Å². The number of hydrogen-bond donors (Lipinski definition) is 1. The van der Waals surface area contributed by atoms with Crippen molar-refractivity contribution >= 4 is 37.9 Å². The summed E-state index contributed by atoms with van der Waals surface area (Å²) in [6.07, 6.45) is 0. The first-order valence-electron chi connectivity index (χ1n) is 3.00. The first-order valence-corrected chi connectivity index (χ1v) is 5.81. The van der Waals surface area contributed by atoms with E-state index in [4.69, 9.17) is 16.7 Å². The third-order valence-electron chi connectivity index (χ3n) is 1.33. The molecule has 0 atom stereocenters. The van der Waals surface area contributed by atoms with Gasteiger partial charge in [0.25, 0.3) is 10.0 Å². The molecule has 2 heterocycles. The molecule has 70 valence electrons. The summed E-state index contributed by atoms with van der Waals surface area (Å²) in [6, 6.07) is 0. The first kappa shape index (κ1) is 8.88. The van der Waals surface area contributed by atoms with Crippen molar-refractivity contribution in [1.82, 2.24) is 14.6 Å². The lowest BCUT2D eigenvalue weighted by Crippen LogP contribution is -2.15. The van der Waals surface area contributed by atoms with Gasteiger partial charge in [0.1, 0.15) is 5.51 Å². The van der Waals surface area contributed by atoms with Gasteiger partial charge < -0.3 is 0 Å². The Morgan fingerprint density at radius 1 is 1.62 bits per heavy atom. The number of imidazole rings is 1. The lowest BCUT2D eigenvalue weighted by Gasteiger charge is -1.92. The van der Waals surface area contributed by atoms with E-state index in [1.807, 2.05) is 0 Å². The van der Waals surface area contributed by atoms with Crippen LogP contribution >= 0.6 is 22.9 Å². The lowest BCUT2D eigenvalue weighted by atomic mass is 10.9. The van der Waals surface area contributed by atoms with Crippen LogP contribution in [0.4, 0.5) is 0 Å². The molecule has 0 unspecified atom stereocenters. The molecule has 0 aliphatic rings. The summed E-state index contributed by atoms with van der Waals surface area (Å²) in [5.41, 5.74) is 1.45. The Hall–Kier alpha value is -0.700. The van der Waals surface area contributed by atoms with Crippen molar-refractivity contribution in [1.29, 1.82) is 0 Å². The van der Waals surface area contributed by atoms with Gasteiger partial charge in [-0.3, -0.25) is 0 Å². The van der Waals surface area contributed by atoms with E-state index >= 15 is 0 Å². The Balaban J connectivity index is 2.94. The predicted octanol–water partition coefficient (Wildman–Crippen LogP) is 0.0916. The van der Waals surface area contributed by atoms with E-state index < -0.39 is 10.0 Å². The van der Waals surface area contributed by atoms with Crippen LogP contribution in [0.1, 0.15) is 0 Å². The molecule has 0 spiro atoms. The van der Waals surface area contributed by atoms with Crippen molar-refractivity contribution in [2.75, 3.05) is 0 Å². The minimum Gasteiger partial charge on any atom is -0.223 e. The molecule has 6 nitrogen and oxygen atoms in total. The van der Waals surface area contributed by atoms with E-state index in [1.54, 1.807) is 0 Å². The zero-order valence-corrected chi connectivity index (χ0v) is 8.40. The summed E-state index contributed by atoms with van der Waals surface area (Å²) in [6.45, 7) is 0. The number of primary sulfonamides is 1. The Morgan fingerprint density at radius 3 is 2.92 bits per heavy atom. The molecule has 2 rings (SSSR count). The predicted molar refractivity (Wildman–Crippen MR) is 47.2 cm³/mol. The van der Waals surface area contributed by atoms with Crippen LogP contribution in [0.25, 0.3) is 4.96 Å². The highest BCUT2D eigenvalue weighted by molar-refractivity contribution is 7.89. The molecular weight excluding hydrogens is 236 g/mol. The second kappa shape index (κ2) is 2.64. The highest BCUT2D eigenvalue weighted by Gasteiger charge is 2.22. The Labute approximate surface area is 82.0 Å². The maximum Gasteiger partial charge on any atom is 0.258 e. The number of aromatic nitrogens is 3. The first-order chi connectivity index (χ1) is 6.00. The van der Waals surface area contributed by atoms with E-state index in [2.05, 4.69) is 10.1 Å². The fourth-order valence-electron chi connectivity index (χ4n) is 0.887. The van der Waals surface area contributed by atoms with Crippen LogP contribution in [0.3, 0.4) is 0 Å². The monoisotopic (exact) mass is 238 g/mol. The third kappa shape index (κ3) is 1.31. The maximum atomic E-state index is 11.0. The van der Waals surface area contributed by atoms with Crippen LogP contribution in [-0.4, -0.2) is 23.0 Å². The molecule has 0 aromatic carbocycles. The number of halogens is 1. The standard InChI is InChI=1S/C4H3ClN4O2S2/c5-2-3(13(6,10)11)9-4(8-2)12-1-7-9/h1H,(H2,6,10,11). The molecule has 0 aliphatic heterocycles. The molecule has 13 heavy (non-hydrogen) atoms. The zero-order chi connectivity index (χ0) is 9.64. The molecule has 0 radical (unpaired) electrons. The number of rotatable bonds is 1. The second-order valence-electron chi connectivity index (χ2n) is 2.19. The number of fused-ring (bicyclic) bond motifs is 1. The summed E-state index contributed by atoms with van der Waals surface area (Å²) < 4.78 is 23.1. The van der Waals surface area contributed by atoms with E-state index in [0.29, 0.717) is 4.96 Å². The molecule has 0 aliphatic carbocycles. The lowest BCUT2D eigenvalue weighted by molar-refractivity contribution is 0.590. The largest absolute Gasteiger partial charge is 0.258 e. The van der Waals surface area contributed by atoms with Gasteiger partial charge in [-0.25, -0.2) is 18.5 Å². The number of nitrogens with zero attached hydrogens (tertiary/aromatic N) is 3. The van der Waals surface area contributed by atoms with Gasteiger partial charge in [-0.05, 0) is 0 Å². The highest BCUT2D eigenvalue weighted by atomic mass is 35.5. The van der Waals surface area contributed by atoms with Gasteiger partial charge in [-0.1, -0.05) is 22.9 Å². The Kier molecular flexibility index (Phi) is 1.80. The summed E-state index contributed by atoms with van der Waals surface area (Å²) in [4.78, 5) is 4.16. The smallest absolute Gasteiger partial charge is 0.223 e. The summed E-state index contributed by atoms with van der Waals surface area (Å²) in [5, 5.41) is 8.23. The maximum absolute atomic E-state index is 11.0. The Morgan fingerprint density at radius 2 is 2.31 bits per heavy atom. The third-order valence-corrected chi connectivity index (χ3v) is 3.29. The normalized spacial score (nSPS) is 12.5. The number of hydrogen-bond acceptors (Lipinski definition) is 5. The van der Waals surface area contributed by atoms with Gasteiger partial charge in [0.15, 0.2) is 5.15 Å². The van der Waals surface area contributed by atoms with Crippen LogP contribution < -0.4 is 5.14 Å². The fraction of sp³-hybridized carbons (Fsp3) is 0. The molecule has 0 saturated heterocycles. The molecule has 2 N–H and O–H groups in total. The molecule has 2 aromatic rings. The molecule has 0 bridgehead atoms. The fourth-order valence-corrected chi connectivity index (χ4v) is 2.75. The average Bonchev–Trinajstić information content (AvgIpc) is 2.41. The van der Waals surface area contributed by atoms with Gasteiger partial charge in [0, 0.05) is 0 Å². The number of nitrogens with two attached hydrogens (primary N) is 1. The van der Waals surface area contributed by atoms with Gasteiger partial charge in [-0.15, -0.1) is 0 Å². The number of sulfonamides is 1. The van der Waals surface area contributed by atoms with Crippen molar-refractivity contribution in [3.8, 4) is 0 Å². The van der Waals surface area contributed by atoms with Crippen LogP contribution in [0, 0.1) is 0 Å². The van der Waals surface area contributed by atoms with Crippen molar-refractivity contribution < 1.29 is 8.42 Å². The van der Waals surface area contributed by atoms with Crippen LogP contribution in [0.5, 0.6) is 0 Å². The van der Waals surface area contributed by atoms with Crippen molar-refractivity contribution in [2.24, 2.45) is 5.14 Å². The van der Waals surface area contributed by atoms with Gasteiger partial charge >= 0.3 is 0 Å². The molecule has 2 aromatic heterocycles. The van der Waals surface area contributed by atoms with Crippen molar-refractivity contribution in [2.45, 2.75) is 5.03 Å². The van der Waals surface area contributed by atoms with Gasteiger partial charge in [0.2, 0.25) is 9.99 Å². The van der Waals surface area contributed by atoms with Crippen LogP contribution in [0.2, 0.25) is 5.15 Å². The topological polar surface area (TPSA) is 90.4 Å². The average molecular weight is 239 g/mol. The minimum atomic E-state index is -3.87. The summed E-state index contributed by atoms with van der Waals surface area (Å²) in [5.74, 6) is 0. The van der Waals surface area contributed by atoms with Gasteiger partial charge in [-0.2, -0.15) is 9.61 Å². The van der Waals surface area contributed by atoms with E-state index in [9.17, 15) is 8.42 Å². The highest BCUT2D eigenvalue weighted by Crippen LogP contribution is 2.22. The molecule has 0 amide bonds. The zero-order valence-electron chi connectivity index (χ0n) is 6.01. The minimum absolute atomic E-state index is 0.151. The summed E-state index contributed by atoms with van der Waals surface area (Å²) >= 11 is 6.74. The van der Waals surface area contributed by atoms with E-state index in [-0.39, 0.29) is 10.2 Å². The van der Waals surface area contributed by atoms with Crippen molar-refractivity contribution in [3.63, 3.8) is 0 Å². The SMILES string of the molecule is NS(=O)(=O)c1c(Cl)nc2scnn12. The molecular formula is C4H3ClN4O2S2. The van der Waals surface area contributed by atoms with Crippen LogP contribution in [0.15, 0.2) is 10.5 Å². The van der Waals surface area contributed by atoms with Crippen LogP contribution in [-0.2, 0) is 10.0 Å². The van der Waals surface area contributed by atoms with E-state index in [1.165, 1.54) is 16.8 Å². The summed E-state index contributed by atoms with van der Waals surface area (Å²) in [7, 11) is -3.87. The second-order valence-corrected chi connectivity index (χ2v) is 4.83. The molecule has 0 fully saturated rings. The molecule has 9 heteroatoms.